The van der Waals surface area contributed by atoms with E-state index in [1.807, 2.05) is 0 Å². The molecule has 0 aliphatic heterocycles. The molecule has 0 saturated carbocycles. The summed E-state index contributed by atoms with van der Waals surface area (Å²) < 4.78 is 18.7. The molecule has 0 heterocycles. The number of ether oxygens (including phenoxy) is 1. The fourth-order valence-electron chi connectivity index (χ4n) is 1.56. The molecule has 0 fully saturated rings. The van der Waals surface area contributed by atoms with Gasteiger partial charge in [-0.05, 0) is 18.6 Å². The second-order valence-corrected chi connectivity index (χ2v) is 4.43. The number of alkyl halides is 1. The predicted molar refractivity (Wildman–Crippen MR) is 76.6 cm³/mol. The summed E-state index contributed by atoms with van der Waals surface area (Å²) in [5, 5.41) is 15.4. The van der Waals surface area contributed by atoms with Crippen molar-refractivity contribution in [3.63, 3.8) is 0 Å². The number of rotatable bonds is 9. The van der Waals surface area contributed by atoms with Crippen molar-refractivity contribution in [1.82, 2.24) is 0 Å². The molecule has 1 aromatic rings. The zero-order valence-corrected chi connectivity index (χ0v) is 11.7. The van der Waals surface area contributed by atoms with Gasteiger partial charge in [0.1, 0.15) is 5.82 Å². The highest BCUT2D eigenvalue weighted by Crippen LogP contribution is 2.24. The molecular formula is C13H20ClFN2O2. The Morgan fingerprint density at radius 3 is 2.89 bits per heavy atom. The van der Waals surface area contributed by atoms with E-state index in [0.29, 0.717) is 24.5 Å². The van der Waals surface area contributed by atoms with Crippen molar-refractivity contribution in [2.75, 3.05) is 43.3 Å². The molecule has 0 amide bonds. The molecule has 108 valence electrons. The number of hydrogen-bond donors (Lipinski definition) is 3. The number of aliphatic hydroxyl groups is 1. The smallest absolute Gasteiger partial charge is 0.148 e. The van der Waals surface area contributed by atoms with E-state index >= 15 is 0 Å². The third kappa shape index (κ3) is 5.63. The van der Waals surface area contributed by atoms with Crippen molar-refractivity contribution in [2.45, 2.75) is 12.5 Å². The van der Waals surface area contributed by atoms with E-state index in [1.54, 1.807) is 19.2 Å². The Balaban J connectivity index is 2.61. The molecule has 19 heavy (non-hydrogen) atoms. The zero-order valence-electron chi connectivity index (χ0n) is 11.0. The largest absolute Gasteiger partial charge is 0.390 e. The Hall–Kier alpha value is -1.04. The van der Waals surface area contributed by atoms with Crippen LogP contribution in [0.1, 0.15) is 6.42 Å². The van der Waals surface area contributed by atoms with Crippen LogP contribution in [-0.4, -0.2) is 43.9 Å². The van der Waals surface area contributed by atoms with Crippen molar-refractivity contribution < 1.29 is 14.2 Å². The molecular weight excluding hydrogens is 271 g/mol. The van der Waals surface area contributed by atoms with Crippen LogP contribution in [0.15, 0.2) is 18.2 Å². The maximum Gasteiger partial charge on any atom is 0.148 e. The summed E-state index contributed by atoms with van der Waals surface area (Å²) in [6.45, 7) is 1.51. The molecule has 1 atom stereocenters. The van der Waals surface area contributed by atoms with Crippen LogP contribution in [0.3, 0.4) is 0 Å². The van der Waals surface area contributed by atoms with Gasteiger partial charge in [-0.15, -0.1) is 11.6 Å². The fraction of sp³-hybridized carbons (Fsp3) is 0.538. The van der Waals surface area contributed by atoms with Crippen molar-refractivity contribution in [3.8, 4) is 0 Å². The van der Waals surface area contributed by atoms with Gasteiger partial charge in [0.2, 0.25) is 0 Å². The maximum atomic E-state index is 13.7. The monoisotopic (exact) mass is 290 g/mol. The van der Waals surface area contributed by atoms with Gasteiger partial charge in [0.05, 0.1) is 23.4 Å². The highest BCUT2D eigenvalue weighted by atomic mass is 35.5. The van der Waals surface area contributed by atoms with Gasteiger partial charge >= 0.3 is 0 Å². The minimum Gasteiger partial charge on any atom is -0.390 e. The molecule has 0 spiro atoms. The lowest BCUT2D eigenvalue weighted by atomic mass is 10.2. The molecule has 1 rings (SSSR count). The van der Waals surface area contributed by atoms with E-state index in [4.69, 9.17) is 16.3 Å². The van der Waals surface area contributed by atoms with Gasteiger partial charge in [0, 0.05) is 26.8 Å². The van der Waals surface area contributed by atoms with Crippen molar-refractivity contribution >= 4 is 23.0 Å². The van der Waals surface area contributed by atoms with E-state index in [9.17, 15) is 9.50 Å². The Labute approximate surface area is 117 Å². The van der Waals surface area contributed by atoms with Crippen LogP contribution >= 0.6 is 11.6 Å². The van der Waals surface area contributed by atoms with E-state index in [0.717, 1.165) is 6.42 Å². The number of nitrogens with one attached hydrogen (secondary N) is 2. The first-order valence-corrected chi connectivity index (χ1v) is 6.71. The van der Waals surface area contributed by atoms with Crippen molar-refractivity contribution in [2.24, 2.45) is 0 Å². The maximum absolute atomic E-state index is 13.7. The van der Waals surface area contributed by atoms with Crippen LogP contribution in [0.5, 0.6) is 0 Å². The Kier molecular flexibility index (Phi) is 7.55. The summed E-state index contributed by atoms with van der Waals surface area (Å²) in [5.41, 5.74) is 1.02. The third-order valence-electron chi connectivity index (χ3n) is 2.55. The lowest BCUT2D eigenvalue weighted by Gasteiger charge is -2.16. The molecule has 0 radical (unpaired) electrons. The van der Waals surface area contributed by atoms with Gasteiger partial charge in [-0.25, -0.2) is 4.39 Å². The molecule has 1 unspecified atom stereocenters. The topological polar surface area (TPSA) is 53.5 Å². The lowest BCUT2D eigenvalue weighted by Crippen LogP contribution is -2.21. The number of aliphatic hydroxyl groups excluding tert-OH is 1. The molecule has 0 saturated heterocycles. The van der Waals surface area contributed by atoms with Crippen LogP contribution in [0.2, 0.25) is 0 Å². The quantitative estimate of drug-likeness (QED) is 0.482. The number of anilines is 2. The predicted octanol–water partition coefficient (Wildman–Crippen LogP) is 2.29. The molecule has 0 aliphatic rings. The van der Waals surface area contributed by atoms with Crippen LogP contribution in [0.4, 0.5) is 15.8 Å². The van der Waals surface area contributed by atoms with Crippen LogP contribution in [-0.2, 0) is 4.74 Å². The Bertz CT molecular complexity index is 380. The molecule has 1 aromatic carbocycles. The normalized spacial score (nSPS) is 12.2. The van der Waals surface area contributed by atoms with Crippen molar-refractivity contribution in [1.29, 1.82) is 0 Å². The number of methoxy groups -OCH3 is 1. The molecule has 0 aromatic heterocycles. The van der Waals surface area contributed by atoms with Crippen LogP contribution < -0.4 is 10.6 Å². The van der Waals surface area contributed by atoms with Gasteiger partial charge in [-0.2, -0.15) is 0 Å². The molecule has 6 heteroatoms. The number of para-hydroxylation sites is 1. The van der Waals surface area contributed by atoms with E-state index < -0.39 is 6.10 Å². The minimum absolute atomic E-state index is 0.138. The van der Waals surface area contributed by atoms with Gasteiger partial charge in [-0.3, -0.25) is 0 Å². The van der Waals surface area contributed by atoms with Gasteiger partial charge in [0.15, 0.2) is 0 Å². The highest BCUT2D eigenvalue weighted by molar-refractivity contribution is 6.18. The summed E-state index contributed by atoms with van der Waals surface area (Å²) in [5.74, 6) is -0.193. The first kappa shape index (κ1) is 16.0. The number of hydrogen-bond acceptors (Lipinski definition) is 4. The summed E-state index contributed by atoms with van der Waals surface area (Å²) in [4.78, 5) is 0. The summed E-state index contributed by atoms with van der Waals surface area (Å²) >= 11 is 5.51. The van der Waals surface area contributed by atoms with Gasteiger partial charge in [-0.1, -0.05) is 6.07 Å². The standard InChI is InChI=1S/C13H20ClFN2O2/c1-19-7-3-6-16-13-11(15)4-2-5-12(13)17-9-10(18)8-14/h2,4-5,10,16-18H,3,6-9H2,1H3. The minimum atomic E-state index is -0.661. The molecule has 0 bridgehead atoms. The van der Waals surface area contributed by atoms with E-state index in [2.05, 4.69) is 10.6 Å². The second-order valence-electron chi connectivity index (χ2n) is 4.12. The molecule has 3 N–H and O–H groups in total. The summed E-state index contributed by atoms with van der Waals surface area (Å²) in [6, 6.07) is 4.76. The van der Waals surface area contributed by atoms with Gasteiger partial charge in [0.25, 0.3) is 0 Å². The number of benzene rings is 1. The van der Waals surface area contributed by atoms with Crippen LogP contribution in [0, 0.1) is 5.82 Å². The number of halogens is 2. The SMILES string of the molecule is COCCCNc1c(F)cccc1NCC(O)CCl. The average Bonchev–Trinajstić information content (AvgIpc) is 2.42. The van der Waals surface area contributed by atoms with E-state index in [1.165, 1.54) is 6.07 Å². The third-order valence-corrected chi connectivity index (χ3v) is 2.90. The fourth-order valence-corrected chi connectivity index (χ4v) is 1.67. The highest BCUT2D eigenvalue weighted by Gasteiger charge is 2.09. The average molecular weight is 291 g/mol. The zero-order chi connectivity index (χ0) is 14.1. The lowest BCUT2D eigenvalue weighted by molar-refractivity contribution is 0.197. The Morgan fingerprint density at radius 1 is 1.42 bits per heavy atom. The summed E-state index contributed by atoms with van der Waals surface area (Å²) in [6.07, 6.45) is 0.125. The molecule has 0 aliphatic carbocycles. The first-order chi connectivity index (χ1) is 9.19. The second kappa shape index (κ2) is 8.96. The summed E-state index contributed by atoms with van der Waals surface area (Å²) in [7, 11) is 1.63. The molecule has 4 nitrogen and oxygen atoms in total. The van der Waals surface area contributed by atoms with Crippen molar-refractivity contribution in [3.05, 3.63) is 24.0 Å². The van der Waals surface area contributed by atoms with Crippen LogP contribution in [0.25, 0.3) is 0 Å². The van der Waals surface area contributed by atoms with Gasteiger partial charge < -0.3 is 20.5 Å². The Morgan fingerprint density at radius 2 is 2.21 bits per heavy atom. The van der Waals surface area contributed by atoms with E-state index in [-0.39, 0.29) is 18.2 Å². The first-order valence-electron chi connectivity index (χ1n) is 6.18.